The minimum atomic E-state index is 0.336. The minimum absolute atomic E-state index is 0.336. The third-order valence-electron chi connectivity index (χ3n) is 1.10. The fraction of sp³-hybridized carbons (Fsp3) is 0.833. The quantitative estimate of drug-likeness (QED) is 0.526. The van der Waals surface area contributed by atoms with Gasteiger partial charge >= 0.3 is 0 Å². The second-order valence-corrected chi connectivity index (χ2v) is 2.89. The van der Waals surface area contributed by atoms with Crippen molar-refractivity contribution in [2.75, 3.05) is 5.75 Å². The average molecular weight is 117 g/mol. The Hall–Kier alpha value is 0.350. The summed E-state index contributed by atoms with van der Waals surface area (Å²) in [5.41, 5.74) is 0.336. The molecule has 0 saturated heterocycles. The summed E-state index contributed by atoms with van der Waals surface area (Å²) >= 11 is 4.14. The van der Waals surface area contributed by atoms with Crippen molar-refractivity contribution >= 4 is 12.6 Å². The first-order valence-electron chi connectivity index (χ1n) is 2.52. The maximum absolute atomic E-state index is 4.14. The van der Waals surface area contributed by atoms with Crippen molar-refractivity contribution < 1.29 is 0 Å². The van der Waals surface area contributed by atoms with Crippen molar-refractivity contribution in [3.05, 3.63) is 6.92 Å². The third kappa shape index (κ3) is 2.98. The highest BCUT2D eigenvalue weighted by Crippen LogP contribution is 2.19. The zero-order valence-electron chi connectivity index (χ0n) is 5.07. The molecule has 0 N–H and O–H groups in total. The first kappa shape index (κ1) is 7.35. The van der Waals surface area contributed by atoms with Crippen LogP contribution in [0.15, 0.2) is 0 Å². The molecular formula is C6H13S. The van der Waals surface area contributed by atoms with Crippen LogP contribution >= 0.6 is 12.6 Å². The summed E-state index contributed by atoms with van der Waals surface area (Å²) in [5.74, 6) is 0.927. The summed E-state index contributed by atoms with van der Waals surface area (Å²) in [4.78, 5) is 0. The summed E-state index contributed by atoms with van der Waals surface area (Å²) in [6.45, 7) is 8.10. The summed E-state index contributed by atoms with van der Waals surface area (Å²) in [5, 5.41) is 0. The van der Waals surface area contributed by atoms with E-state index in [2.05, 4.69) is 33.4 Å². The van der Waals surface area contributed by atoms with Crippen molar-refractivity contribution in [2.24, 2.45) is 5.41 Å². The third-order valence-corrected chi connectivity index (χ3v) is 1.96. The van der Waals surface area contributed by atoms with Crippen LogP contribution in [-0.2, 0) is 0 Å². The summed E-state index contributed by atoms with van der Waals surface area (Å²) in [6, 6.07) is 0. The molecule has 0 nitrogen and oxygen atoms in total. The fourth-order valence-corrected chi connectivity index (χ4v) is 0.237. The highest BCUT2D eigenvalue weighted by molar-refractivity contribution is 7.80. The van der Waals surface area contributed by atoms with E-state index < -0.39 is 0 Å². The number of thiol groups is 1. The normalized spacial score (nSPS) is 12.0. The summed E-state index contributed by atoms with van der Waals surface area (Å²) in [7, 11) is 0. The molecule has 0 aliphatic carbocycles. The Morgan fingerprint density at radius 1 is 1.57 bits per heavy atom. The highest BCUT2D eigenvalue weighted by atomic mass is 32.1. The van der Waals surface area contributed by atoms with Crippen LogP contribution < -0.4 is 0 Å². The molecule has 0 atom stereocenters. The smallest absolute Gasteiger partial charge is 0.00464 e. The molecule has 1 heteroatoms. The minimum Gasteiger partial charge on any atom is -0.179 e. The van der Waals surface area contributed by atoms with Gasteiger partial charge in [0.25, 0.3) is 0 Å². The van der Waals surface area contributed by atoms with Crippen LogP contribution in [0.1, 0.15) is 20.3 Å². The zero-order chi connectivity index (χ0) is 5.91. The molecule has 0 amide bonds. The average Bonchev–Trinajstić information content (AvgIpc) is 1.68. The van der Waals surface area contributed by atoms with E-state index in [9.17, 15) is 0 Å². The molecule has 0 aromatic rings. The molecule has 0 unspecified atom stereocenters. The Balaban J connectivity index is 3.36. The van der Waals surface area contributed by atoms with Crippen LogP contribution in [0.5, 0.6) is 0 Å². The standard InChI is InChI=1S/C6H13S/c1-4-6(2,3)5-7/h7H,1,4-5H2,2-3H3. The molecule has 0 aliphatic rings. The summed E-state index contributed by atoms with van der Waals surface area (Å²) in [6.07, 6.45) is 0.969. The van der Waals surface area contributed by atoms with E-state index in [4.69, 9.17) is 0 Å². The van der Waals surface area contributed by atoms with E-state index in [-0.39, 0.29) is 0 Å². The van der Waals surface area contributed by atoms with Gasteiger partial charge in [-0.25, -0.2) is 0 Å². The number of rotatable bonds is 2. The van der Waals surface area contributed by atoms with Gasteiger partial charge in [0.15, 0.2) is 0 Å². The van der Waals surface area contributed by atoms with E-state index in [1.165, 1.54) is 0 Å². The van der Waals surface area contributed by atoms with Gasteiger partial charge in [-0.15, -0.1) is 0 Å². The van der Waals surface area contributed by atoms with E-state index in [1.54, 1.807) is 0 Å². The Kier molecular flexibility index (Phi) is 2.74. The highest BCUT2D eigenvalue weighted by Gasteiger charge is 2.10. The van der Waals surface area contributed by atoms with Gasteiger partial charge in [-0.1, -0.05) is 20.8 Å². The largest absolute Gasteiger partial charge is 0.179 e. The van der Waals surface area contributed by atoms with Crippen LogP contribution in [-0.4, -0.2) is 5.75 Å². The van der Waals surface area contributed by atoms with Crippen molar-refractivity contribution in [3.63, 3.8) is 0 Å². The molecule has 0 saturated carbocycles. The van der Waals surface area contributed by atoms with E-state index in [0.29, 0.717) is 5.41 Å². The molecular weight excluding hydrogens is 104 g/mol. The lowest BCUT2D eigenvalue weighted by Gasteiger charge is -2.17. The maximum Gasteiger partial charge on any atom is -0.00464 e. The van der Waals surface area contributed by atoms with Crippen molar-refractivity contribution in [1.29, 1.82) is 0 Å². The Bertz CT molecular complexity index is 42.1. The predicted octanol–water partition coefficient (Wildman–Crippen LogP) is 2.17. The zero-order valence-corrected chi connectivity index (χ0v) is 5.96. The molecule has 7 heavy (non-hydrogen) atoms. The van der Waals surface area contributed by atoms with Crippen molar-refractivity contribution in [1.82, 2.24) is 0 Å². The van der Waals surface area contributed by atoms with Crippen LogP contribution in [0, 0.1) is 12.3 Å². The van der Waals surface area contributed by atoms with Gasteiger partial charge in [-0.2, -0.15) is 12.6 Å². The Labute approximate surface area is 51.7 Å². The molecule has 0 bridgehead atoms. The lowest BCUT2D eigenvalue weighted by Crippen LogP contribution is -2.10. The van der Waals surface area contributed by atoms with E-state index >= 15 is 0 Å². The Morgan fingerprint density at radius 3 is 2.00 bits per heavy atom. The maximum atomic E-state index is 4.14. The Morgan fingerprint density at radius 2 is 2.00 bits per heavy atom. The molecule has 43 valence electrons. The van der Waals surface area contributed by atoms with Crippen LogP contribution in [0.3, 0.4) is 0 Å². The van der Waals surface area contributed by atoms with Crippen molar-refractivity contribution in [3.8, 4) is 0 Å². The van der Waals surface area contributed by atoms with Gasteiger partial charge in [0.05, 0.1) is 0 Å². The van der Waals surface area contributed by atoms with Gasteiger partial charge < -0.3 is 0 Å². The topological polar surface area (TPSA) is 0 Å². The van der Waals surface area contributed by atoms with Gasteiger partial charge in [0.2, 0.25) is 0 Å². The molecule has 0 rings (SSSR count). The second-order valence-electron chi connectivity index (χ2n) is 2.57. The van der Waals surface area contributed by atoms with Crippen LogP contribution in [0.2, 0.25) is 0 Å². The molecule has 0 spiro atoms. The molecule has 0 heterocycles. The SMILES string of the molecule is [CH2]CC(C)(C)CS. The first-order chi connectivity index (χ1) is 3.12. The lowest BCUT2D eigenvalue weighted by atomic mass is 9.93. The molecule has 0 aliphatic heterocycles. The molecule has 0 aromatic carbocycles. The molecule has 0 fully saturated rings. The lowest BCUT2D eigenvalue weighted by molar-refractivity contribution is 0.430. The second kappa shape index (κ2) is 2.61. The van der Waals surface area contributed by atoms with E-state index in [1.807, 2.05) is 0 Å². The molecule has 1 radical (unpaired) electrons. The molecule has 0 aromatic heterocycles. The van der Waals surface area contributed by atoms with Gasteiger partial charge in [-0.3, -0.25) is 0 Å². The van der Waals surface area contributed by atoms with Gasteiger partial charge in [0, 0.05) is 0 Å². The predicted molar refractivity (Wildman–Crippen MR) is 37.6 cm³/mol. The number of hydrogen-bond donors (Lipinski definition) is 1. The van der Waals surface area contributed by atoms with Gasteiger partial charge in [0.1, 0.15) is 0 Å². The van der Waals surface area contributed by atoms with Gasteiger partial charge in [-0.05, 0) is 17.6 Å². The van der Waals surface area contributed by atoms with Crippen LogP contribution in [0.25, 0.3) is 0 Å². The van der Waals surface area contributed by atoms with Crippen LogP contribution in [0.4, 0.5) is 0 Å². The first-order valence-corrected chi connectivity index (χ1v) is 3.16. The number of hydrogen-bond acceptors (Lipinski definition) is 1. The van der Waals surface area contributed by atoms with Crippen molar-refractivity contribution in [2.45, 2.75) is 20.3 Å². The monoisotopic (exact) mass is 117 g/mol. The summed E-state index contributed by atoms with van der Waals surface area (Å²) < 4.78 is 0. The van der Waals surface area contributed by atoms with E-state index in [0.717, 1.165) is 12.2 Å². The fourth-order valence-electron chi connectivity index (χ4n) is 0.0791.